The molecule has 1 spiro atoms. The number of allylic oxidation sites excluding steroid dienone is 2. The molecule has 3 rings (SSSR count). The molecule has 1 aromatic carbocycles. The molecule has 1 N–H and O–H groups in total. The van der Waals surface area contributed by atoms with E-state index in [1.165, 1.54) is 31.3 Å². The van der Waals surface area contributed by atoms with Gasteiger partial charge >= 0.3 is 5.97 Å². The first-order valence-corrected chi connectivity index (χ1v) is 8.27. The highest BCUT2D eigenvalue weighted by Gasteiger charge is 2.38. The van der Waals surface area contributed by atoms with E-state index < -0.39 is 5.97 Å². The van der Waals surface area contributed by atoms with Crippen molar-refractivity contribution in [1.82, 2.24) is 0 Å². The van der Waals surface area contributed by atoms with Crippen molar-refractivity contribution in [2.24, 2.45) is 5.41 Å². The van der Waals surface area contributed by atoms with Gasteiger partial charge in [-0.3, -0.25) is 0 Å². The van der Waals surface area contributed by atoms with Crippen LogP contribution in [-0.4, -0.2) is 17.7 Å². The van der Waals surface area contributed by atoms with E-state index in [2.05, 4.69) is 6.08 Å². The largest absolute Gasteiger partial charge is 0.478 e. The van der Waals surface area contributed by atoms with Gasteiger partial charge in [0.25, 0.3) is 0 Å². The van der Waals surface area contributed by atoms with Crippen LogP contribution in [0.5, 0.6) is 0 Å². The van der Waals surface area contributed by atoms with Crippen LogP contribution in [-0.2, 0) is 11.3 Å². The number of hydrogen-bond acceptors (Lipinski definition) is 2. The van der Waals surface area contributed by atoms with E-state index in [1.807, 2.05) is 25.1 Å². The third-order valence-electron chi connectivity index (χ3n) is 5.29. The molecule has 0 aromatic heterocycles. The number of carboxylic acid groups (broad SMARTS) is 1. The Labute approximate surface area is 132 Å². The summed E-state index contributed by atoms with van der Waals surface area (Å²) in [5.74, 6) is -0.852. The number of rotatable bonds is 5. The fourth-order valence-electron chi connectivity index (χ4n) is 3.77. The van der Waals surface area contributed by atoms with Crippen molar-refractivity contribution in [3.05, 3.63) is 41.0 Å². The topological polar surface area (TPSA) is 46.5 Å². The van der Waals surface area contributed by atoms with Gasteiger partial charge in [-0.1, -0.05) is 30.7 Å². The fraction of sp³-hybridized carbons (Fsp3) is 0.526. The standard InChI is InChI=1S/C19H24O3/c1-2-22-13-15-5-3-6-16(17(15)18(20)21)14-7-11-19(12-8-14)9-4-10-19/h3,5-7H,2,4,8-13H2,1H3,(H,20,21). The first kappa shape index (κ1) is 15.3. The number of benzene rings is 1. The van der Waals surface area contributed by atoms with Gasteiger partial charge in [0.15, 0.2) is 0 Å². The van der Waals surface area contributed by atoms with E-state index in [-0.39, 0.29) is 0 Å². The fourth-order valence-corrected chi connectivity index (χ4v) is 3.77. The predicted molar refractivity (Wildman–Crippen MR) is 86.8 cm³/mol. The lowest BCUT2D eigenvalue weighted by molar-refractivity contribution is 0.0688. The van der Waals surface area contributed by atoms with Crippen LogP contribution in [0.15, 0.2) is 24.3 Å². The Balaban J connectivity index is 1.91. The van der Waals surface area contributed by atoms with Crippen LogP contribution >= 0.6 is 0 Å². The zero-order valence-electron chi connectivity index (χ0n) is 13.2. The maximum atomic E-state index is 11.8. The van der Waals surface area contributed by atoms with Crippen molar-refractivity contribution < 1.29 is 14.6 Å². The van der Waals surface area contributed by atoms with Crippen molar-refractivity contribution in [3.8, 4) is 0 Å². The molecular formula is C19H24O3. The SMILES string of the molecule is CCOCc1cccc(C2=CCC3(CCC3)CC2)c1C(=O)O. The van der Waals surface area contributed by atoms with E-state index >= 15 is 0 Å². The van der Waals surface area contributed by atoms with Gasteiger partial charge in [0.2, 0.25) is 0 Å². The summed E-state index contributed by atoms with van der Waals surface area (Å²) in [6.45, 7) is 2.88. The van der Waals surface area contributed by atoms with Crippen molar-refractivity contribution in [2.75, 3.05) is 6.61 Å². The van der Waals surface area contributed by atoms with E-state index in [9.17, 15) is 9.90 Å². The van der Waals surface area contributed by atoms with Crippen LogP contribution in [0.4, 0.5) is 0 Å². The Hall–Kier alpha value is -1.61. The van der Waals surface area contributed by atoms with Crippen molar-refractivity contribution in [3.63, 3.8) is 0 Å². The molecular weight excluding hydrogens is 276 g/mol. The van der Waals surface area contributed by atoms with Gasteiger partial charge in [-0.2, -0.15) is 0 Å². The summed E-state index contributed by atoms with van der Waals surface area (Å²) in [5, 5.41) is 9.65. The maximum absolute atomic E-state index is 11.8. The second-order valence-corrected chi connectivity index (χ2v) is 6.57. The van der Waals surface area contributed by atoms with Crippen LogP contribution in [0, 0.1) is 5.41 Å². The maximum Gasteiger partial charge on any atom is 0.336 e. The monoisotopic (exact) mass is 300 g/mol. The lowest BCUT2D eigenvalue weighted by atomic mass is 9.61. The molecule has 0 unspecified atom stereocenters. The van der Waals surface area contributed by atoms with Crippen molar-refractivity contribution >= 4 is 11.5 Å². The minimum Gasteiger partial charge on any atom is -0.478 e. The zero-order valence-corrected chi connectivity index (χ0v) is 13.2. The summed E-state index contributed by atoms with van der Waals surface area (Å²) in [6, 6.07) is 5.76. The Morgan fingerprint density at radius 2 is 2.14 bits per heavy atom. The first-order valence-electron chi connectivity index (χ1n) is 8.27. The van der Waals surface area contributed by atoms with Gasteiger partial charge < -0.3 is 9.84 Å². The van der Waals surface area contributed by atoms with Gasteiger partial charge in [0.1, 0.15) is 0 Å². The molecule has 1 fully saturated rings. The van der Waals surface area contributed by atoms with E-state index in [0.717, 1.165) is 24.0 Å². The van der Waals surface area contributed by atoms with Crippen LogP contribution in [0.25, 0.3) is 5.57 Å². The molecule has 0 bridgehead atoms. The summed E-state index contributed by atoms with van der Waals surface area (Å²) in [5.41, 5.74) is 3.83. The first-order chi connectivity index (χ1) is 10.7. The van der Waals surface area contributed by atoms with E-state index in [4.69, 9.17) is 4.74 Å². The number of ether oxygens (including phenoxy) is 1. The molecule has 1 aromatic rings. The van der Waals surface area contributed by atoms with Crippen LogP contribution in [0.2, 0.25) is 0 Å². The minimum absolute atomic E-state index is 0.364. The third-order valence-corrected chi connectivity index (χ3v) is 5.29. The molecule has 0 atom stereocenters. The van der Waals surface area contributed by atoms with Crippen LogP contribution < -0.4 is 0 Å². The second kappa shape index (κ2) is 6.25. The second-order valence-electron chi connectivity index (χ2n) is 6.57. The predicted octanol–water partition coefficient (Wildman–Crippen LogP) is 4.66. The molecule has 0 radical (unpaired) electrons. The smallest absolute Gasteiger partial charge is 0.336 e. The molecule has 1 saturated carbocycles. The summed E-state index contributed by atoms with van der Waals surface area (Å²) >= 11 is 0. The average molecular weight is 300 g/mol. The molecule has 22 heavy (non-hydrogen) atoms. The number of carboxylic acids is 1. The summed E-state index contributed by atoms with van der Waals surface area (Å²) in [4.78, 5) is 11.8. The minimum atomic E-state index is -0.852. The van der Waals surface area contributed by atoms with Gasteiger partial charge in [-0.25, -0.2) is 4.79 Å². The van der Waals surface area contributed by atoms with Gasteiger partial charge in [0.05, 0.1) is 12.2 Å². The van der Waals surface area contributed by atoms with Crippen molar-refractivity contribution in [2.45, 2.75) is 52.1 Å². The van der Waals surface area contributed by atoms with Gasteiger partial charge in [-0.15, -0.1) is 0 Å². The summed E-state index contributed by atoms with van der Waals surface area (Å²) in [6.07, 6.45) is 9.63. The Kier molecular flexibility index (Phi) is 4.34. The zero-order chi connectivity index (χ0) is 15.6. The van der Waals surface area contributed by atoms with Crippen LogP contribution in [0.1, 0.15) is 66.9 Å². The van der Waals surface area contributed by atoms with Crippen LogP contribution in [0.3, 0.4) is 0 Å². The molecule has 0 saturated heterocycles. The Bertz CT molecular complexity index is 597. The molecule has 118 valence electrons. The highest BCUT2D eigenvalue weighted by molar-refractivity contribution is 5.95. The molecule has 3 heteroatoms. The molecule has 0 aliphatic heterocycles. The number of hydrogen-bond donors (Lipinski definition) is 1. The molecule has 0 heterocycles. The number of carbonyl (C=O) groups is 1. The third kappa shape index (κ3) is 2.82. The molecule has 3 nitrogen and oxygen atoms in total. The van der Waals surface area contributed by atoms with Gasteiger partial charge in [-0.05, 0) is 61.1 Å². The summed E-state index contributed by atoms with van der Waals surface area (Å²) in [7, 11) is 0. The van der Waals surface area contributed by atoms with E-state index in [0.29, 0.717) is 24.2 Å². The highest BCUT2D eigenvalue weighted by atomic mass is 16.5. The lowest BCUT2D eigenvalue weighted by Gasteiger charge is -2.44. The normalized spacial score (nSPS) is 19.6. The molecule has 2 aliphatic carbocycles. The van der Waals surface area contributed by atoms with E-state index in [1.54, 1.807) is 0 Å². The molecule has 0 amide bonds. The Morgan fingerprint density at radius 3 is 2.68 bits per heavy atom. The van der Waals surface area contributed by atoms with Gasteiger partial charge in [0, 0.05) is 6.61 Å². The Morgan fingerprint density at radius 1 is 1.32 bits per heavy atom. The number of aromatic carboxylic acids is 1. The summed E-state index contributed by atoms with van der Waals surface area (Å²) < 4.78 is 5.43. The molecule has 2 aliphatic rings. The van der Waals surface area contributed by atoms with Crippen molar-refractivity contribution in [1.29, 1.82) is 0 Å². The lowest BCUT2D eigenvalue weighted by Crippen LogP contribution is -2.30. The highest BCUT2D eigenvalue weighted by Crippen LogP contribution is 2.52. The average Bonchev–Trinajstić information content (AvgIpc) is 2.51. The quantitative estimate of drug-likeness (QED) is 0.860.